The predicted molar refractivity (Wildman–Crippen MR) is 87.4 cm³/mol. The first-order valence-electron chi connectivity index (χ1n) is 7.36. The molecular weight excluding hydrogens is 474 g/mol. The van der Waals surface area contributed by atoms with E-state index in [4.69, 9.17) is 20.3 Å². The van der Waals surface area contributed by atoms with Crippen LogP contribution in [-0.4, -0.2) is 69.3 Å². The number of phosphoric acid groups is 2. The maximum atomic E-state index is 11.8. The number of H-pyrrole nitrogens is 1. The minimum atomic E-state index is -5.32. The molecule has 0 saturated carbocycles. The molecule has 30 heavy (non-hydrogen) atoms. The van der Waals surface area contributed by atoms with Gasteiger partial charge in [-0.3, -0.25) is 18.9 Å². The number of nitrogens with one attached hydrogen (secondary N) is 1. The number of hydrogen-bond donors (Lipinski definition) is 7. The smallest absolute Gasteiger partial charge is 0.387 e. The normalized spacial score (nSPS) is 26.0. The number of nitrogens with zero attached hydrogens (tertiary/aromatic N) is 3. The Balaban J connectivity index is 0.00000225. The van der Waals surface area contributed by atoms with Crippen LogP contribution >= 0.6 is 15.6 Å². The third-order valence-electron chi connectivity index (χ3n) is 3.67. The van der Waals surface area contributed by atoms with E-state index in [0.29, 0.717) is 0 Å². The van der Waals surface area contributed by atoms with Gasteiger partial charge in [-0.15, -0.1) is 0 Å². The molecule has 2 aromatic rings. The van der Waals surface area contributed by atoms with Crippen molar-refractivity contribution in [2.75, 3.05) is 12.3 Å². The molecule has 20 heteroatoms. The number of phosphoric ester groups is 1. The van der Waals surface area contributed by atoms with E-state index in [1.165, 1.54) is 0 Å². The minimum Gasteiger partial charge on any atom is -0.387 e. The van der Waals surface area contributed by atoms with Crippen LogP contribution in [0.2, 0.25) is 0 Å². The van der Waals surface area contributed by atoms with Crippen molar-refractivity contribution >= 4 is 32.8 Å². The summed E-state index contributed by atoms with van der Waals surface area (Å²) in [4.78, 5) is 48.1. The van der Waals surface area contributed by atoms with Crippen molar-refractivity contribution in [3.05, 3.63) is 16.7 Å². The SMILES string of the molecule is Nc1nc2c(ncn2[C@@H]2O[C@H](COP(=O)(O)OP(=O)(O)O)[C@@H](O)[C@H]2O)c(=O)[nH]1.[Na+].[Na+]. The predicted octanol–water partition coefficient (Wildman–Crippen LogP) is -8.44. The van der Waals surface area contributed by atoms with Gasteiger partial charge in [-0.2, -0.15) is 9.29 Å². The molecule has 0 amide bonds. The molecule has 8 N–H and O–H groups in total. The molecule has 1 aliphatic rings. The summed E-state index contributed by atoms with van der Waals surface area (Å²) in [5, 5.41) is 20.3. The zero-order chi connectivity index (χ0) is 20.9. The number of rotatable bonds is 6. The van der Waals surface area contributed by atoms with Gasteiger partial charge in [0.05, 0.1) is 12.9 Å². The number of aromatic amines is 1. The Hall–Kier alpha value is 0.290. The van der Waals surface area contributed by atoms with E-state index in [2.05, 4.69) is 23.8 Å². The molecule has 156 valence electrons. The number of aromatic nitrogens is 4. The number of aliphatic hydroxyl groups is 2. The second-order valence-electron chi connectivity index (χ2n) is 5.66. The van der Waals surface area contributed by atoms with Crippen molar-refractivity contribution in [1.29, 1.82) is 0 Å². The topological polar surface area (TPSA) is 253 Å². The number of nitrogens with two attached hydrogens (primary N) is 1. The quantitative estimate of drug-likeness (QED) is 0.147. The summed E-state index contributed by atoms with van der Waals surface area (Å²) in [6, 6.07) is 0. The first kappa shape index (κ1) is 28.3. The number of hydrogen-bond acceptors (Lipinski definition) is 11. The molecule has 3 rings (SSSR count). The molecule has 1 aliphatic heterocycles. The van der Waals surface area contributed by atoms with Crippen LogP contribution in [0.1, 0.15) is 6.23 Å². The van der Waals surface area contributed by atoms with Crippen molar-refractivity contribution in [2.45, 2.75) is 24.5 Å². The van der Waals surface area contributed by atoms with Crippen LogP contribution in [0.3, 0.4) is 0 Å². The first-order valence-corrected chi connectivity index (χ1v) is 10.4. The zero-order valence-corrected chi connectivity index (χ0v) is 21.4. The number of nitrogen functional groups attached to an aromatic ring is 1. The molecule has 0 aliphatic carbocycles. The molecule has 0 aromatic carbocycles. The Morgan fingerprint density at radius 2 is 1.87 bits per heavy atom. The summed E-state index contributed by atoms with van der Waals surface area (Å²) in [6.45, 7) is -0.870. The molecule has 0 bridgehead atoms. The van der Waals surface area contributed by atoms with Crippen LogP contribution in [0, 0.1) is 0 Å². The Morgan fingerprint density at radius 1 is 1.23 bits per heavy atom. The standard InChI is InChI=1S/C10H15N5O11P2.2Na/c11-10-13-7-4(8(18)14-10)12-2-15(7)9-6(17)5(16)3(25-9)1-24-28(22,23)26-27(19,20)21;;/h2-3,5-6,9,16-17H,1H2,(H,22,23)(H2,19,20,21)(H3,11,13,14,18);;/q;2*+1/t3-,5-,6-,9-;;/m1../s1. The third-order valence-corrected chi connectivity index (χ3v) is 5.83. The van der Waals surface area contributed by atoms with E-state index in [-0.39, 0.29) is 76.2 Å². The summed E-state index contributed by atoms with van der Waals surface area (Å²) in [6.07, 6.45) is -4.88. The van der Waals surface area contributed by atoms with Crippen molar-refractivity contribution in [1.82, 2.24) is 19.5 Å². The van der Waals surface area contributed by atoms with Crippen LogP contribution in [-0.2, 0) is 22.7 Å². The Morgan fingerprint density at radius 3 is 2.47 bits per heavy atom. The van der Waals surface area contributed by atoms with E-state index in [1.54, 1.807) is 0 Å². The van der Waals surface area contributed by atoms with E-state index in [0.717, 1.165) is 10.9 Å². The van der Waals surface area contributed by atoms with E-state index in [9.17, 15) is 29.0 Å². The molecule has 1 saturated heterocycles. The molecule has 1 unspecified atom stereocenters. The fourth-order valence-corrected chi connectivity index (χ4v) is 4.15. The maximum absolute atomic E-state index is 11.8. The summed E-state index contributed by atoms with van der Waals surface area (Å²) in [5.41, 5.74) is 4.65. The van der Waals surface area contributed by atoms with Gasteiger partial charge in [-0.05, 0) is 0 Å². The number of ether oxygens (including phenoxy) is 1. The Labute approximate surface area is 211 Å². The molecule has 16 nitrogen and oxygen atoms in total. The maximum Gasteiger partial charge on any atom is 1.00 e. The van der Waals surface area contributed by atoms with Gasteiger partial charge in [0.15, 0.2) is 17.4 Å². The third kappa shape index (κ3) is 6.42. The van der Waals surface area contributed by atoms with Gasteiger partial charge in [0, 0.05) is 0 Å². The van der Waals surface area contributed by atoms with Crippen molar-refractivity contribution in [3.63, 3.8) is 0 Å². The molecular formula is C10H15N5Na2O11P2+2. The number of aliphatic hydroxyl groups excluding tert-OH is 2. The van der Waals surface area contributed by atoms with Crippen LogP contribution < -0.4 is 70.4 Å². The first-order chi connectivity index (χ1) is 12.9. The Bertz CT molecular complexity index is 1040. The molecule has 5 atom stereocenters. The molecule has 0 spiro atoms. The van der Waals surface area contributed by atoms with Crippen molar-refractivity contribution in [3.8, 4) is 0 Å². The second-order valence-corrected chi connectivity index (χ2v) is 8.49. The number of imidazole rings is 1. The van der Waals surface area contributed by atoms with Gasteiger partial charge in [0.2, 0.25) is 5.95 Å². The average molecular weight is 489 g/mol. The zero-order valence-electron chi connectivity index (χ0n) is 15.6. The molecule has 0 radical (unpaired) electrons. The average Bonchev–Trinajstić information content (AvgIpc) is 3.06. The van der Waals surface area contributed by atoms with Gasteiger partial charge >= 0.3 is 74.8 Å². The second kappa shape index (κ2) is 10.5. The summed E-state index contributed by atoms with van der Waals surface area (Å²) in [7, 11) is -10.5. The fourth-order valence-electron chi connectivity index (χ4n) is 2.55. The van der Waals surface area contributed by atoms with Gasteiger partial charge in [-0.25, -0.2) is 14.1 Å². The monoisotopic (exact) mass is 489 g/mol. The van der Waals surface area contributed by atoms with Crippen LogP contribution in [0.4, 0.5) is 5.95 Å². The summed E-state index contributed by atoms with van der Waals surface area (Å²) >= 11 is 0. The van der Waals surface area contributed by atoms with Crippen molar-refractivity contribution < 1.29 is 107 Å². The van der Waals surface area contributed by atoms with E-state index >= 15 is 0 Å². The van der Waals surface area contributed by atoms with E-state index in [1.807, 2.05) is 0 Å². The molecule has 3 heterocycles. The van der Waals surface area contributed by atoms with Crippen LogP contribution in [0.25, 0.3) is 11.2 Å². The Kier molecular flexibility index (Phi) is 9.90. The summed E-state index contributed by atoms with van der Waals surface area (Å²) < 4.78 is 36.6. The van der Waals surface area contributed by atoms with Crippen molar-refractivity contribution in [2.24, 2.45) is 0 Å². The number of fused-ring (bicyclic) bond motifs is 1. The van der Waals surface area contributed by atoms with E-state index < -0.39 is 52.4 Å². The van der Waals surface area contributed by atoms with Crippen LogP contribution in [0.15, 0.2) is 11.1 Å². The molecule has 1 fully saturated rings. The molecule has 2 aromatic heterocycles. The summed E-state index contributed by atoms with van der Waals surface area (Å²) in [5.74, 6) is -0.233. The fraction of sp³-hybridized carbons (Fsp3) is 0.500. The van der Waals surface area contributed by atoms with Crippen LogP contribution in [0.5, 0.6) is 0 Å². The van der Waals surface area contributed by atoms with Gasteiger partial charge in [-0.1, -0.05) is 0 Å². The minimum absolute atomic E-state index is 0. The largest absolute Gasteiger partial charge is 1.00 e. The number of anilines is 1. The van der Waals surface area contributed by atoms with Gasteiger partial charge < -0.3 is 35.4 Å². The van der Waals surface area contributed by atoms with Gasteiger partial charge in [0.25, 0.3) is 5.56 Å². The van der Waals surface area contributed by atoms with Gasteiger partial charge in [0.1, 0.15) is 18.3 Å².